The third-order valence-corrected chi connectivity index (χ3v) is 8.10. The van der Waals surface area contributed by atoms with Crippen molar-refractivity contribution < 1.29 is 4.79 Å². The summed E-state index contributed by atoms with van der Waals surface area (Å²) in [6, 6.07) is 13.4. The van der Waals surface area contributed by atoms with Gasteiger partial charge in [-0.15, -0.1) is 11.8 Å². The van der Waals surface area contributed by atoms with Gasteiger partial charge in [-0.2, -0.15) is 0 Å². The van der Waals surface area contributed by atoms with Crippen LogP contribution in [0.25, 0.3) is 0 Å². The second-order valence-electron chi connectivity index (χ2n) is 9.28. The number of aryl methyl sites for hydroxylation is 2. The summed E-state index contributed by atoms with van der Waals surface area (Å²) < 4.78 is 1.66. The summed E-state index contributed by atoms with van der Waals surface area (Å²) in [6.07, 6.45) is 2.85. The molecular formula is C27H29N3O2S. The quantitative estimate of drug-likeness (QED) is 0.556. The average Bonchev–Trinajstić information content (AvgIpc) is 3.53. The fourth-order valence-corrected chi connectivity index (χ4v) is 6.06. The van der Waals surface area contributed by atoms with Gasteiger partial charge in [-0.05, 0) is 79.5 Å². The van der Waals surface area contributed by atoms with Crippen LogP contribution in [0.3, 0.4) is 0 Å². The smallest absolute Gasteiger partial charge is 0.275 e. The molecule has 1 aromatic heterocycles. The lowest BCUT2D eigenvalue weighted by atomic mass is 9.93. The summed E-state index contributed by atoms with van der Waals surface area (Å²) >= 11 is 1.61. The molecule has 0 radical (unpaired) electrons. The molecule has 2 aromatic carbocycles. The number of hydrogen-bond acceptors (Lipinski definition) is 4. The SMILES string of the molecule is Cc1ccc(NC(=O)C2CSc3c(C4CC4)c(Cc4cccc(C)c4C)c(N)c(=O)n32)cc1. The predicted molar refractivity (Wildman–Crippen MR) is 135 cm³/mol. The Labute approximate surface area is 198 Å². The van der Waals surface area contributed by atoms with E-state index < -0.39 is 6.04 Å². The molecule has 6 heteroatoms. The minimum atomic E-state index is -0.562. The van der Waals surface area contributed by atoms with E-state index in [0.29, 0.717) is 18.1 Å². The van der Waals surface area contributed by atoms with Gasteiger partial charge in [-0.1, -0.05) is 35.9 Å². The molecule has 2 heterocycles. The summed E-state index contributed by atoms with van der Waals surface area (Å²) in [4.78, 5) is 26.6. The second kappa shape index (κ2) is 8.41. The van der Waals surface area contributed by atoms with E-state index in [0.717, 1.165) is 34.7 Å². The summed E-state index contributed by atoms with van der Waals surface area (Å²) in [7, 11) is 0. The summed E-state index contributed by atoms with van der Waals surface area (Å²) in [6.45, 7) is 6.24. The molecule has 5 rings (SSSR count). The first-order valence-corrected chi connectivity index (χ1v) is 12.5. The number of anilines is 2. The van der Waals surface area contributed by atoms with Gasteiger partial charge in [0.1, 0.15) is 11.7 Å². The highest BCUT2D eigenvalue weighted by atomic mass is 32.2. The van der Waals surface area contributed by atoms with Gasteiger partial charge in [0, 0.05) is 17.9 Å². The van der Waals surface area contributed by atoms with Gasteiger partial charge < -0.3 is 11.1 Å². The number of hydrogen-bond donors (Lipinski definition) is 2. The zero-order valence-corrected chi connectivity index (χ0v) is 20.1. The topological polar surface area (TPSA) is 77.1 Å². The Hall–Kier alpha value is -2.99. The molecule has 1 aliphatic heterocycles. The molecule has 0 bridgehead atoms. The van der Waals surface area contributed by atoms with Crippen LogP contribution in [0.1, 0.15) is 58.2 Å². The Morgan fingerprint density at radius 3 is 2.55 bits per heavy atom. The van der Waals surface area contributed by atoms with E-state index in [1.165, 1.54) is 22.3 Å². The number of nitrogen functional groups attached to an aromatic ring is 1. The van der Waals surface area contributed by atoms with Crippen LogP contribution in [0.5, 0.6) is 0 Å². The standard InChI is InChI=1S/C27H29N3O2S/c1-15-7-11-20(12-8-15)29-25(31)22-14-33-27-23(18-9-10-18)21(24(28)26(32)30(22)27)13-19-6-4-5-16(2)17(19)3/h4-8,11-12,18,22H,9-10,13-14,28H2,1-3H3,(H,29,31). The maximum atomic E-state index is 13.5. The van der Waals surface area contributed by atoms with Crippen LogP contribution in [-0.4, -0.2) is 16.2 Å². The predicted octanol–water partition coefficient (Wildman–Crippen LogP) is 5.11. The fraction of sp³-hybridized carbons (Fsp3) is 0.333. The van der Waals surface area contributed by atoms with Gasteiger partial charge in [-0.3, -0.25) is 14.2 Å². The van der Waals surface area contributed by atoms with E-state index in [1.807, 2.05) is 31.2 Å². The third kappa shape index (κ3) is 3.97. The maximum Gasteiger partial charge on any atom is 0.275 e. The second-order valence-corrected chi connectivity index (χ2v) is 10.3. The number of carbonyl (C=O) groups excluding carboxylic acids is 1. The number of thioether (sulfide) groups is 1. The number of pyridine rings is 1. The summed E-state index contributed by atoms with van der Waals surface area (Å²) in [5.74, 6) is 0.787. The molecule has 1 atom stereocenters. The largest absolute Gasteiger partial charge is 0.394 e. The molecule has 170 valence electrons. The van der Waals surface area contributed by atoms with Crippen molar-refractivity contribution in [1.82, 2.24) is 4.57 Å². The van der Waals surface area contributed by atoms with Crippen LogP contribution < -0.4 is 16.6 Å². The number of rotatable bonds is 5. The number of carbonyl (C=O) groups is 1. The van der Waals surface area contributed by atoms with Crippen LogP contribution in [0, 0.1) is 20.8 Å². The summed E-state index contributed by atoms with van der Waals surface area (Å²) in [5, 5.41) is 3.91. The number of amides is 1. The Morgan fingerprint density at radius 1 is 1.12 bits per heavy atom. The van der Waals surface area contributed by atoms with Crippen LogP contribution in [0.2, 0.25) is 0 Å². The van der Waals surface area contributed by atoms with Crippen LogP contribution in [-0.2, 0) is 11.2 Å². The fourth-order valence-electron chi connectivity index (χ4n) is 4.65. The van der Waals surface area contributed by atoms with Gasteiger partial charge in [-0.25, -0.2) is 0 Å². The van der Waals surface area contributed by atoms with E-state index in [1.54, 1.807) is 16.3 Å². The van der Waals surface area contributed by atoms with Crippen molar-refractivity contribution in [3.8, 4) is 0 Å². The molecule has 1 saturated carbocycles. The molecule has 2 aliphatic rings. The number of nitrogens with zero attached hydrogens (tertiary/aromatic N) is 1. The Balaban J connectivity index is 1.55. The highest BCUT2D eigenvalue weighted by Gasteiger charge is 2.39. The third-order valence-electron chi connectivity index (χ3n) is 6.93. The van der Waals surface area contributed by atoms with E-state index in [9.17, 15) is 9.59 Å². The van der Waals surface area contributed by atoms with Gasteiger partial charge in [0.15, 0.2) is 0 Å². The van der Waals surface area contributed by atoms with Gasteiger partial charge in [0.25, 0.3) is 5.56 Å². The van der Waals surface area contributed by atoms with E-state index in [2.05, 4.69) is 37.4 Å². The molecule has 5 nitrogen and oxygen atoms in total. The minimum Gasteiger partial charge on any atom is -0.394 e. The number of aromatic nitrogens is 1. The van der Waals surface area contributed by atoms with Crippen molar-refractivity contribution in [3.63, 3.8) is 0 Å². The first kappa shape index (κ1) is 21.8. The highest BCUT2D eigenvalue weighted by Crippen LogP contribution is 2.49. The van der Waals surface area contributed by atoms with Crippen molar-refractivity contribution in [3.05, 3.63) is 86.2 Å². The summed E-state index contributed by atoms with van der Waals surface area (Å²) in [5.41, 5.74) is 14.2. The van der Waals surface area contributed by atoms with Crippen molar-refractivity contribution in [1.29, 1.82) is 0 Å². The first-order valence-electron chi connectivity index (χ1n) is 11.5. The lowest BCUT2D eigenvalue weighted by molar-refractivity contribution is -0.118. The molecule has 0 spiro atoms. The van der Waals surface area contributed by atoms with E-state index in [4.69, 9.17) is 5.73 Å². The zero-order valence-electron chi connectivity index (χ0n) is 19.3. The van der Waals surface area contributed by atoms with E-state index >= 15 is 0 Å². The first-order chi connectivity index (χ1) is 15.8. The van der Waals surface area contributed by atoms with Crippen molar-refractivity contribution in [2.24, 2.45) is 0 Å². The van der Waals surface area contributed by atoms with Gasteiger partial charge >= 0.3 is 0 Å². The lowest BCUT2D eigenvalue weighted by Crippen LogP contribution is -2.34. The highest BCUT2D eigenvalue weighted by molar-refractivity contribution is 7.99. The van der Waals surface area contributed by atoms with E-state index in [-0.39, 0.29) is 17.2 Å². The van der Waals surface area contributed by atoms with Crippen molar-refractivity contribution in [2.45, 2.75) is 57.0 Å². The molecule has 1 amide bonds. The number of nitrogens with two attached hydrogens (primary N) is 1. The number of benzene rings is 2. The Bertz CT molecular complexity index is 1310. The molecule has 3 aromatic rings. The van der Waals surface area contributed by atoms with Crippen molar-refractivity contribution >= 4 is 29.0 Å². The molecule has 3 N–H and O–H groups in total. The molecule has 1 unspecified atom stereocenters. The average molecular weight is 460 g/mol. The minimum absolute atomic E-state index is 0.171. The lowest BCUT2D eigenvalue weighted by Gasteiger charge is -2.20. The van der Waals surface area contributed by atoms with Gasteiger partial charge in [0.05, 0.1) is 5.03 Å². The van der Waals surface area contributed by atoms with Crippen LogP contribution >= 0.6 is 11.8 Å². The molecule has 33 heavy (non-hydrogen) atoms. The Kier molecular flexibility index (Phi) is 5.57. The van der Waals surface area contributed by atoms with Crippen LogP contribution in [0.4, 0.5) is 11.4 Å². The Morgan fingerprint density at radius 2 is 1.85 bits per heavy atom. The number of fused-ring (bicyclic) bond motifs is 1. The molecule has 0 saturated heterocycles. The maximum absolute atomic E-state index is 13.5. The molecular weight excluding hydrogens is 430 g/mol. The zero-order chi connectivity index (χ0) is 23.3. The normalized spacial score (nSPS) is 17.1. The number of nitrogens with one attached hydrogen (secondary N) is 1. The van der Waals surface area contributed by atoms with Gasteiger partial charge in [0.2, 0.25) is 5.91 Å². The molecule has 1 aliphatic carbocycles. The van der Waals surface area contributed by atoms with Crippen molar-refractivity contribution in [2.75, 3.05) is 16.8 Å². The van der Waals surface area contributed by atoms with Crippen LogP contribution in [0.15, 0.2) is 52.3 Å². The monoisotopic (exact) mass is 459 g/mol. The molecule has 1 fully saturated rings.